The van der Waals surface area contributed by atoms with Gasteiger partial charge in [-0.1, -0.05) is 24.3 Å². The molecular weight excluding hydrogens is 192 g/mol. The topological polar surface area (TPSA) is 28.7 Å². The van der Waals surface area contributed by atoms with Crippen molar-refractivity contribution in [1.82, 2.24) is 9.97 Å². The largest absolute Gasteiger partial charge is 0.334 e. The molecule has 0 aliphatic rings. The Kier molecular flexibility index (Phi) is 2.41. The molecule has 1 aromatic carbocycles. The zero-order valence-electron chi connectivity index (χ0n) is 7.66. The number of para-hydroxylation sites is 1. The van der Waals surface area contributed by atoms with E-state index >= 15 is 0 Å². The lowest BCUT2D eigenvalue weighted by Crippen LogP contribution is -1.93. The summed E-state index contributed by atoms with van der Waals surface area (Å²) in [4.78, 5) is 7.33. The van der Waals surface area contributed by atoms with Crippen LogP contribution in [0.3, 0.4) is 0 Å². The quantitative estimate of drug-likeness (QED) is 0.599. The van der Waals surface area contributed by atoms with Gasteiger partial charge in [-0.2, -0.15) is 0 Å². The van der Waals surface area contributed by atoms with Crippen molar-refractivity contribution in [3.8, 4) is 0 Å². The summed E-state index contributed by atoms with van der Waals surface area (Å²) in [5.41, 5.74) is 2.02. The molecule has 0 fully saturated rings. The van der Waals surface area contributed by atoms with E-state index in [4.69, 9.17) is 12.2 Å². The number of rotatable bonds is 2. The molecule has 0 bridgehead atoms. The van der Waals surface area contributed by atoms with E-state index in [2.05, 4.69) is 16.5 Å². The summed E-state index contributed by atoms with van der Waals surface area (Å²) in [6.45, 7) is 3.72. The lowest BCUT2D eigenvalue weighted by atomic mass is 10.1. The lowest BCUT2D eigenvalue weighted by molar-refractivity contribution is 1.07. The monoisotopic (exact) mass is 202 g/mol. The first-order chi connectivity index (χ1) is 6.81. The predicted molar refractivity (Wildman–Crippen MR) is 60.8 cm³/mol. The molecule has 2 rings (SSSR count). The van der Waals surface area contributed by atoms with Crippen LogP contribution in [0.25, 0.3) is 10.9 Å². The van der Waals surface area contributed by atoms with E-state index in [0.29, 0.717) is 4.77 Å². The van der Waals surface area contributed by atoms with Crippen molar-refractivity contribution in [3.63, 3.8) is 0 Å². The van der Waals surface area contributed by atoms with Crippen LogP contribution in [0.5, 0.6) is 0 Å². The second-order valence-corrected chi connectivity index (χ2v) is 3.42. The highest BCUT2D eigenvalue weighted by molar-refractivity contribution is 7.71. The average molecular weight is 202 g/mol. The Balaban J connectivity index is 2.79. The molecule has 0 amide bonds. The maximum Gasteiger partial charge on any atom is 0.197 e. The Bertz CT molecular complexity index is 528. The molecule has 3 heteroatoms. The summed E-state index contributed by atoms with van der Waals surface area (Å²) in [6.07, 6.45) is 2.64. The van der Waals surface area contributed by atoms with Crippen LogP contribution >= 0.6 is 12.2 Å². The number of H-pyrrole nitrogens is 1. The smallest absolute Gasteiger partial charge is 0.197 e. The Labute approximate surface area is 87.3 Å². The summed E-state index contributed by atoms with van der Waals surface area (Å²) in [6, 6.07) is 7.95. The molecule has 0 radical (unpaired) electrons. The first kappa shape index (κ1) is 9.09. The molecule has 0 unspecified atom stereocenters. The SMILES string of the molecule is C=CCc1[nH]c(=S)nc2ccccc12. The molecule has 1 aromatic heterocycles. The Morgan fingerprint density at radius 2 is 2.21 bits per heavy atom. The van der Waals surface area contributed by atoms with Crippen LogP contribution in [0, 0.1) is 4.77 Å². The number of aromatic nitrogens is 2. The van der Waals surface area contributed by atoms with E-state index in [0.717, 1.165) is 23.0 Å². The Morgan fingerprint density at radius 1 is 1.43 bits per heavy atom. The van der Waals surface area contributed by atoms with E-state index in [-0.39, 0.29) is 0 Å². The van der Waals surface area contributed by atoms with Crippen LogP contribution in [0.15, 0.2) is 36.9 Å². The highest BCUT2D eigenvalue weighted by atomic mass is 32.1. The van der Waals surface area contributed by atoms with Gasteiger partial charge in [0, 0.05) is 17.5 Å². The third-order valence-corrected chi connectivity index (χ3v) is 2.25. The minimum absolute atomic E-state index is 0.528. The first-order valence-electron chi connectivity index (χ1n) is 4.40. The average Bonchev–Trinajstić information content (AvgIpc) is 2.18. The van der Waals surface area contributed by atoms with Gasteiger partial charge in [0.05, 0.1) is 5.52 Å². The number of nitrogens with one attached hydrogen (secondary N) is 1. The minimum atomic E-state index is 0.528. The van der Waals surface area contributed by atoms with E-state index in [1.54, 1.807) is 0 Å². The number of aromatic amines is 1. The number of hydrogen-bond acceptors (Lipinski definition) is 2. The Hall–Kier alpha value is -1.48. The first-order valence-corrected chi connectivity index (χ1v) is 4.81. The van der Waals surface area contributed by atoms with Crippen LogP contribution in [0.4, 0.5) is 0 Å². The summed E-state index contributed by atoms with van der Waals surface area (Å²) >= 11 is 5.04. The number of fused-ring (bicyclic) bond motifs is 1. The second-order valence-electron chi connectivity index (χ2n) is 3.03. The van der Waals surface area contributed by atoms with Crippen molar-refractivity contribution in [2.45, 2.75) is 6.42 Å². The molecule has 1 heterocycles. The van der Waals surface area contributed by atoms with Crippen molar-refractivity contribution in [2.24, 2.45) is 0 Å². The normalized spacial score (nSPS) is 10.3. The van der Waals surface area contributed by atoms with Crippen molar-refractivity contribution in [2.75, 3.05) is 0 Å². The lowest BCUT2D eigenvalue weighted by Gasteiger charge is -2.02. The van der Waals surface area contributed by atoms with Crippen molar-refractivity contribution < 1.29 is 0 Å². The predicted octanol–water partition coefficient (Wildman–Crippen LogP) is 3.02. The molecule has 0 aliphatic carbocycles. The number of nitrogens with zero attached hydrogens (tertiary/aromatic N) is 1. The molecule has 0 saturated heterocycles. The molecule has 2 nitrogen and oxygen atoms in total. The number of benzene rings is 1. The van der Waals surface area contributed by atoms with E-state index in [1.807, 2.05) is 30.3 Å². The van der Waals surface area contributed by atoms with Gasteiger partial charge in [-0.25, -0.2) is 4.98 Å². The van der Waals surface area contributed by atoms with E-state index in [9.17, 15) is 0 Å². The maximum absolute atomic E-state index is 5.04. The fraction of sp³-hybridized carbons (Fsp3) is 0.0909. The second kappa shape index (κ2) is 3.72. The van der Waals surface area contributed by atoms with Gasteiger partial charge in [-0.15, -0.1) is 6.58 Å². The van der Waals surface area contributed by atoms with E-state index in [1.165, 1.54) is 0 Å². The van der Waals surface area contributed by atoms with Gasteiger partial charge in [0.15, 0.2) is 4.77 Å². The van der Waals surface area contributed by atoms with Crippen molar-refractivity contribution in [3.05, 3.63) is 47.4 Å². The van der Waals surface area contributed by atoms with E-state index < -0.39 is 0 Å². The molecule has 70 valence electrons. The fourth-order valence-corrected chi connectivity index (χ4v) is 1.69. The third-order valence-electron chi connectivity index (χ3n) is 2.06. The zero-order chi connectivity index (χ0) is 9.97. The van der Waals surface area contributed by atoms with Crippen LogP contribution in [-0.4, -0.2) is 9.97 Å². The molecular formula is C11H10N2S. The fourth-order valence-electron chi connectivity index (χ4n) is 1.47. The van der Waals surface area contributed by atoms with Crippen LogP contribution in [0.1, 0.15) is 5.69 Å². The zero-order valence-corrected chi connectivity index (χ0v) is 8.47. The number of hydrogen-bond donors (Lipinski definition) is 1. The van der Waals surface area contributed by atoms with Gasteiger partial charge in [0.25, 0.3) is 0 Å². The highest BCUT2D eigenvalue weighted by Crippen LogP contribution is 2.14. The summed E-state index contributed by atoms with van der Waals surface area (Å²) in [7, 11) is 0. The highest BCUT2D eigenvalue weighted by Gasteiger charge is 1.99. The number of allylic oxidation sites excluding steroid dienone is 1. The summed E-state index contributed by atoms with van der Waals surface area (Å²) in [5, 5.41) is 1.11. The van der Waals surface area contributed by atoms with Gasteiger partial charge < -0.3 is 4.98 Å². The Morgan fingerprint density at radius 3 is 3.00 bits per heavy atom. The van der Waals surface area contributed by atoms with Gasteiger partial charge in [0.2, 0.25) is 0 Å². The molecule has 1 N–H and O–H groups in total. The maximum atomic E-state index is 5.04. The van der Waals surface area contributed by atoms with Crippen LogP contribution in [0.2, 0.25) is 0 Å². The van der Waals surface area contributed by atoms with Crippen molar-refractivity contribution in [1.29, 1.82) is 0 Å². The van der Waals surface area contributed by atoms with Gasteiger partial charge in [-0.3, -0.25) is 0 Å². The van der Waals surface area contributed by atoms with Gasteiger partial charge >= 0.3 is 0 Å². The van der Waals surface area contributed by atoms with Gasteiger partial charge in [-0.05, 0) is 18.3 Å². The third kappa shape index (κ3) is 1.59. The molecule has 2 aromatic rings. The van der Waals surface area contributed by atoms with Crippen molar-refractivity contribution >= 4 is 23.1 Å². The van der Waals surface area contributed by atoms with Gasteiger partial charge in [0.1, 0.15) is 0 Å². The minimum Gasteiger partial charge on any atom is -0.334 e. The standard InChI is InChI=1S/C11H10N2S/c1-2-5-9-8-6-3-4-7-10(8)13-11(14)12-9/h2-4,6-7H,1,5H2,(H,12,13,14). The van der Waals surface area contributed by atoms with Crippen LogP contribution in [-0.2, 0) is 6.42 Å². The summed E-state index contributed by atoms with van der Waals surface area (Å²) < 4.78 is 0.528. The molecule has 0 aliphatic heterocycles. The molecule has 0 atom stereocenters. The molecule has 0 spiro atoms. The molecule has 14 heavy (non-hydrogen) atoms. The summed E-state index contributed by atoms with van der Waals surface area (Å²) in [5.74, 6) is 0. The van der Waals surface area contributed by atoms with Crippen LogP contribution < -0.4 is 0 Å². The molecule has 0 saturated carbocycles.